The number of carbonyl (C=O) groups is 1. The molecule has 0 radical (unpaired) electrons. The molecule has 0 saturated heterocycles. The molecule has 0 aliphatic rings. The van der Waals surface area contributed by atoms with Crippen LogP contribution in [0.25, 0.3) is 21.0 Å². The van der Waals surface area contributed by atoms with Gasteiger partial charge >= 0.3 is 11.8 Å². The zero-order chi connectivity index (χ0) is 25.1. The van der Waals surface area contributed by atoms with Crippen LogP contribution in [-0.4, -0.2) is 32.6 Å². The van der Waals surface area contributed by atoms with Crippen molar-refractivity contribution in [1.82, 2.24) is 14.5 Å². The summed E-state index contributed by atoms with van der Waals surface area (Å²) in [6.07, 6.45) is 0.239. The smallest absolute Gasteiger partial charge is 0.404 e. The van der Waals surface area contributed by atoms with Gasteiger partial charge in [0.15, 0.2) is 0 Å². The van der Waals surface area contributed by atoms with Gasteiger partial charge in [0.05, 0.1) is 5.39 Å². The first-order valence-corrected chi connectivity index (χ1v) is 13.4. The number of thioether (sulfide) groups is 1. The molecule has 4 aromatic rings. The maximum Gasteiger partial charge on any atom is 0.404 e. The van der Waals surface area contributed by atoms with E-state index in [0.29, 0.717) is 41.9 Å². The summed E-state index contributed by atoms with van der Waals surface area (Å²) < 4.78 is 2.93. The Bertz CT molecular complexity index is 1500. The number of hydrogen-bond donors (Lipinski definition) is 2. The van der Waals surface area contributed by atoms with Gasteiger partial charge in [-0.05, 0) is 34.4 Å². The fourth-order valence-electron chi connectivity index (χ4n) is 4.21. The molecule has 35 heavy (non-hydrogen) atoms. The molecule has 0 aliphatic heterocycles. The lowest BCUT2D eigenvalue weighted by molar-refractivity contribution is 0.194. The molecule has 0 spiro atoms. The summed E-state index contributed by atoms with van der Waals surface area (Å²) >= 11 is 3.09. The Labute approximate surface area is 211 Å². The number of hydrogen-bond acceptors (Lipinski definition) is 5. The van der Waals surface area contributed by atoms with Crippen molar-refractivity contribution in [2.24, 2.45) is 13.0 Å². The number of nitrogens with one attached hydrogen (secondary N) is 1. The van der Waals surface area contributed by atoms with Crippen molar-refractivity contribution in [1.29, 1.82) is 0 Å². The van der Waals surface area contributed by atoms with Gasteiger partial charge < -0.3 is 10.4 Å². The molecule has 0 unspecified atom stereocenters. The quantitative estimate of drug-likeness (QED) is 0.246. The van der Waals surface area contributed by atoms with Gasteiger partial charge in [-0.3, -0.25) is 13.9 Å². The van der Waals surface area contributed by atoms with Crippen molar-refractivity contribution in [3.63, 3.8) is 0 Å². The standard InChI is InChI=1S/C26H29N3O4S2/c1-16(2)15-29-24-21(23(30)28(3)26(29)33)22(34-13-7-12-27-25(31)32)20(35-24)14-18-10-6-9-17-8-4-5-11-19(17)18/h4-6,8-11,16,27H,7,12-15H2,1-3H3,(H,31,32). The van der Waals surface area contributed by atoms with Gasteiger partial charge in [0, 0.05) is 36.3 Å². The van der Waals surface area contributed by atoms with Crippen LogP contribution in [0.5, 0.6) is 0 Å². The first-order valence-electron chi connectivity index (χ1n) is 11.6. The monoisotopic (exact) mass is 511 g/mol. The maximum absolute atomic E-state index is 13.3. The van der Waals surface area contributed by atoms with E-state index in [1.807, 2.05) is 18.2 Å². The largest absolute Gasteiger partial charge is 0.465 e. The number of thiophene rings is 1. The van der Waals surface area contributed by atoms with Crippen LogP contribution in [0.15, 0.2) is 56.9 Å². The Morgan fingerprint density at radius 1 is 1.14 bits per heavy atom. The lowest BCUT2D eigenvalue weighted by Crippen LogP contribution is -2.38. The first-order chi connectivity index (χ1) is 16.8. The summed E-state index contributed by atoms with van der Waals surface area (Å²) in [6, 6.07) is 14.5. The van der Waals surface area contributed by atoms with Crippen LogP contribution >= 0.6 is 23.1 Å². The van der Waals surface area contributed by atoms with Crippen LogP contribution in [-0.2, 0) is 20.0 Å². The molecule has 1 amide bonds. The van der Waals surface area contributed by atoms with Crippen molar-refractivity contribution in [2.75, 3.05) is 12.3 Å². The Hall–Kier alpha value is -3.04. The summed E-state index contributed by atoms with van der Waals surface area (Å²) in [4.78, 5) is 39.8. The number of benzene rings is 2. The molecule has 2 aromatic carbocycles. The molecule has 2 heterocycles. The van der Waals surface area contributed by atoms with Gasteiger partial charge in [-0.2, -0.15) is 0 Å². The summed E-state index contributed by atoms with van der Waals surface area (Å²) in [7, 11) is 1.54. The number of carboxylic acid groups (broad SMARTS) is 1. The molecular formula is C26H29N3O4S2. The van der Waals surface area contributed by atoms with Crippen LogP contribution in [0.1, 0.15) is 30.7 Å². The highest BCUT2D eigenvalue weighted by Crippen LogP contribution is 2.38. The Balaban J connectivity index is 1.84. The predicted molar refractivity (Wildman–Crippen MR) is 144 cm³/mol. The molecule has 184 valence electrons. The molecule has 9 heteroatoms. The molecule has 2 aromatic heterocycles. The number of nitrogens with zero attached hydrogens (tertiary/aromatic N) is 2. The maximum atomic E-state index is 13.3. The van der Waals surface area contributed by atoms with Crippen molar-refractivity contribution in [2.45, 2.75) is 38.1 Å². The Kier molecular flexibility index (Phi) is 7.66. The second-order valence-electron chi connectivity index (χ2n) is 8.93. The van der Waals surface area contributed by atoms with E-state index in [9.17, 15) is 14.4 Å². The third kappa shape index (κ3) is 5.31. The normalized spacial score (nSPS) is 11.5. The highest BCUT2D eigenvalue weighted by Gasteiger charge is 2.22. The van der Waals surface area contributed by atoms with E-state index in [4.69, 9.17) is 5.11 Å². The van der Waals surface area contributed by atoms with E-state index in [-0.39, 0.29) is 17.2 Å². The molecule has 0 atom stereocenters. The van der Waals surface area contributed by atoms with E-state index in [2.05, 4.69) is 43.4 Å². The fraction of sp³-hybridized carbons (Fsp3) is 0.346. The minimum atomic E-state index is -1.04. The molecular weight excluding hydrogens is 482 g/mol. The van der Waals surface area contributed by atoms with E-state index < -0.39 is 6.09 Å². The second kappa shape index (κ2) is 10.7. The second-order valence-corrected chi connectivity index (χ2v) is 11.1. The molecule has 0 bridgehead atoms. The third-order valence-corrected chi connectivity index (χ3v) is 8.39. The molecule has 0 fully saturated rings. The van der Waals surface area contributed by atoms with Crippen molar-refractivity contribution < 1.29 is 9.90 Å². The van der Waals surface area contributed by atoms with Gasteiger partial charge in [0.2, 0.25) is 0 Å². The summed E-state index contributed by atoms with van der Waals surface area (Å²) in [6.45, 7) is 4.99. The number of rotatable bonds is 9. The summed E-state index contributed by atoms with van der Waals surface area (Å²) in [5.41, 5.74) is 0.589. The van der Waals surface area contributed by atoms with E-state index in [1.165, 1.54) is 33.9 Å². The van der Waals surface area contributed by atoms with Gasteiger partial charge in [0.25, 0.3) is 5.56 Å². The van der Waals surface area contributed by atoms with Crippen LogP contribution in [0.2, 0.25) is 0 Å². The minimum absolute atomic E-state index is 0.246. The average Bonchev–Trinajstić information content (AvgIpc) is 3.18. The third-order valence-electron chi connectivity index (χ3n) is 5.82. The van der Waals surface area contributed by atoms with Gasteiger partial charge in [0.1, 0.15) is 4.83 Å². The highest BCUT2D eigenvalue weighted by atomic mass is 32.2. The van der Waals surface area contributed by atoms with Gasteiger partial charge in [-0.15, -0.1) is 23.1 Å². The topological polar surface area (TPSA) is 93.3 Å². The van der Waals surface area contributed by atoms with Crippen LogP contribution in [0, 0.1) is 5.92 Å². The van der Waals surface area contributed by atoms with Gasteiger partial charge in [-0.25, -0.2) is 9.59 Å². The zero-order valence-corrected chi connectivity index (χ0v) is 21.7. The average molecular weight is 512 g/mol. The van der Waals surface area contributed by atoms with E-state index in [1.54, 1.807) is 16.3 Å². The van der Waals surface area contributed by atoms with Gasteiger partial charge in [-0.1, -0.05) is 56.3 Å². The SMILES string of the molecule is CC(C)Cn1c(=O)n(C)c(=O)c2c(SCCCNC(=O)O)c(Cc3cccc4ccccc34)sc21. The van der Waals surface area contributed by atoms with Crippen molar-refractivity contribution in [3.8, 4) is 0 Å². The number of fused-ring (bicyclic) bond motifs is 2. The Morgan fingerprint density at radius 3 is 2.63 bits per heavy atom. The first kappa shape index (κ1) is 25.1. The number of aromatic nitrogens is 2. The van der Waals surface area contributed by atoms with E-state index in [0.717, 1.165) is 15.2 Å². The predicted octanol–water partition coefficient (Wildman–Crippen LogP) is 4.91. The minimum Gasteiger partial charge on any atom is -0.465 e. The lowest BCUT2D eigenvalue weighted by Gasteiger charge is -2.12. The fourth-order valence-corrected chi connectivity index (χ4v) is 6.84. The van der Waals surface area contributed by atoms with Crippen LogP contribution in [0.4, 0.5) is 4.79 Å². The highest BCUT2D eigenvalue weighted by molar-refractivity contribution is 7.99. The number of amides is 1. The van der Waals surface area contributed by atoms with Crippen molar-refractivity contribution in [3.05, 3.63) is 73.7 Å². The summed E-state index contributed by atoms with van der Waals surface area (Å²) in [5, 5.41) is 14.1. The molecule has 7 nitrogen and oxygen atoms in total. The molecule has 4 rings (SSSR count). The van der Waals surface area contributed by atoms with Crippen LogP contribution < -0.4 is 16.6 Å². The van der Waals surface area contributed by atoms with E-state index >= 15 is 0 Å². The Morgan fingerprint density at radius 2 is 1.89 bits per heavy atom. The molecule has 0 saturated carbocycles. The summed E-state index contributed by atoms with van der Waals surface area (Å²) in [5.74, 6) is 0.899. The zero-order valence-electron chi connectivity index (χ0n) is 20.0. The molecule has 0 aliphatic carbocycles. The lowest BCUT2D eigenvalue weighted by atomic mass is 10.0. The molecule has 2 N–H and O–H groups in total. The van der Waals surface area contributed by atoms with Crippen LogP contribution in [0.3, 0.4) is 0 Å². The van der Waals surface area contributed by atoms with Crippen molar-refractivity contribution >= 4 is 50.2 Å².